The van der Waals surface area contributed by atoms with Crippen LogP contribution in [0, 0.1) is 11.6 Å². The van der Waals surface area contributed by atoms with Gasteiger partial charge < -0.3 is 20.3 Å². The fourth-order valence-electron chi connectivity index (χ4n) is 4.76. The summed E-state index contributed by atoms with van der Waals surface area (Å²) in [7, 11) is 0. The molecule has 2 aromatic rings. The fourth-order valence-corrected chi connectivity index (χ4v) is 4.76. The highest BCUT2D eigenvalue weighted by molar-refractivity contribution is 5.90. The van der Waals surface area contributed by atoms with E-state index in [2.05, 4.69) is 0 Å². The molecule has 2 heterocycles. The standard InChI is InChI=1S/C26H30F2N4O4/c27-20-10-9-19(21(28)14-20)17-36-26(35)31-13-11-24(33)32-22(8-4-5-12-29)25(34)30(16-23(31)32)15-18-6-2-1-3-7-18/h1-3,6-7,9-10,14,22-23H,4-5,8,11-13,15-17,29H2/t22-,23+/m0/s1. The van der Waals surface area contributed by atoms with Crippen LogP contribution in [0.3, 0.4) is 0 Å². The second-order valence-electron chi connectivity index (χ2n) is 9.02. The van der Waals surface area contributed by atoms with E-state index in [1.54, 1.807) is 4.90 Å². The molecule has 2 aromatic carbocycles. The number of benzene rings is 2. The molecule has 2 N–H and O–H groups in total. The molecule has 2 fully saturated rings. The molecule has 3 amide bonds. The Bertz CT molecular complexity index is 1100. The minimum Gasteiger partial charge on any atom is -0.444 e. The molecule has 4 rings (SSSR count). The van der Waals surface area contributed by atoms with E-state index in [9.17, 15) is 23.2 Å². The lowest BCUT2D eigenvalue weighted by Gasteiger charge is -2.52. The van der Waals surface area contributed by atoms with Gasteiger partial charge in [0.1, 0.15) is 30.4 Å². The molecule has 2 aliphatic heterocycles. The Kier molecular flexibility index (Phi) is 8.14. The number of fused-ring (bicyclic) bond motifs is 1. The second kappa shape index (κ2) is 11.5. The largest absolute Gasteiger partial charge is 0.444 e. The predicted octanol–water partition coefficient (Wildman–Crippen LogP) is 3.00. The molecular weight excluding hydrogens is 470 g/mol. The van der Waals surface area contributed by atoms with Crippen LogP contribution in [0.25, 0.3) is 0 Å². The molecule has 8 nitrogen and oxygen atoms in total. The SMILES string of the molecule is NCCCC[C@H]1C(=O)N(Cc2ccccc2)C[C@@H]2N(C(=O)OCc3ccc(F)cc3F)CCC(=O)N21. The summed E-state index contributed by atoms with van der Waals surface area (Å²) in [6.45, 7) is 0.689. The molecule has 0 aliphatic carbocycles. The monoisotopic (exact) mass is 500 g/mol. The smallest absolute Gasteiger partial charge is 0.411 e. The number of hydrogen-bond acceptors (Lipinski definition) is 5. The minimum absolute atomic E-state index is 0.0406. The van der Waals surface area contributed by atoms with Crippen LogP contribution in [-0.4, -0.2) is 64.4 Å². The maximum atomic E-state index is 14.0. The Morgan fingerprint density at radius 3 is 2.58 bits per heavy atom. The van der Waals surface area contributed by atoms with E-state index in [-0.39, 0.29) is 43.5 Å². The zero-order chi connectivity index (χ0) is 25.7. The Morgan fingerprint density at radius 2 is 1.86 bits per heavy atom. The number of piperazine rings is 1. The highest BCUT2D eigenvalue weighted by Gasteiger charge is 2.48. The number of nitrogens with zero attached hydrogens (tertiary/aromatic N) is 3. The molecule has 10 heteroatoms. The highest BCUT2D eigenvalue weighted by Crippen LogP contribution is 2.29. The average Bonchev–Trinajstić information content (AvgIpc) is 2.86. The zero-order valence-corrected chi connectivity index (χ0v) is 19.9. The summed E-state index contributed by atoms with van der Waals surface area (Å²) in [5, 5.41) is 0. The zero-order valence-electron chi connectivity index (χ0n) is 19.9. The molecule has 0 bridgehead atoms. The number of amides is 3. The van der Waals surface area contributed by atoms with Gasteiger partial charge >= 0.3 is 6.09 Å². The van der Waals surface area contributed by atoms with E-state index in [0.717, 1.165) is 17.7 Å². The van der Waals surface area contributed by atoms with E-state index >= 15 is 0 Å². The van der Waals surface area contributed by atoms with Gasteiger partial charge in [-0.15, -0.1) is 0 Å². The van der Waals surface area contributed by atoms with Crippen LogP contribution in [0.1, 0.15) is 36.8 Å². The third-order valence-electron chi connectivity index (χ3n) is 6.60. The highest BCUT2D eigenvalue weighted by atomic mass is 19.1. The number of ether oxygens (including phenoxy) is 1. The quantitative estimate of drug-likeness (QED) is 0.563. The van der Waals surface area contributed by atoms with Crippen LogP contribution < -0.4 is 5.73 Å². The molecule has 2 saturated heterocycles. The first kappa shape index (κ1) is 25.6. The number of nitrogens with two attached hydrogens (primary N) is 1. The van der Waals surface area contributed by atoms with Crippen LogP contribution in [0.5, 0.6) is 0 Å². The molecule has 0 aromatic heterocycles. The minimum atomic E-state index is -0.810. The summed E-state index contributed by atoms with van der Waals surface area (Å²) in [5.41, 5.74) is 6.61. The van der Waals surface area contributed by atoms with Crippen LogP contribution in [-0.2, 0) is 27.5 Å². The lowest BCUT2D eigenvalue weighted by atomic mass is 9.98. The van der Waals surface area contributed by atoms with Crippen molar-refractivity contribution >= 4 is 17.9 Å². The molecule has 0 saturated carbocycles. The molecule has 192 valence electrons. The molecule has 2 aliphatic rings. The number of carbonyl (C=O) groups is 3. The van der Waals surface area contributed by atoms with Gasteiger partial charge in [0.25, 0.3) is 0 Å². The van der Waals surface area contributed by atoms with E-state index in [1.807, 2.05) is 30.3 Å². The third-order valence-corrected chi connectivity index (χ3v) is 6.60. The molecule has 36 heavy (non-hydrogen) atoms. The normalized spacial score (nSPS) is 19.9. The van der Waals surface area contributed by atoms with Crippen molar-refractivity contribution in [1.29, 1.82) is 0 Å². The second-order valence-corrected chi connectivity index (χ2v) is 9.02. The van der Waals surface area contributed by atoms with Gasteiger partial charge in [-0.05, 0) is 43.5 Å². The van der Waals surface area contributed by atoms with Crippen molar-refractivity contribution in [2.45, 2.75) is 51.0 Å². The first-order valence-corrected chi connectivity index (χ1v) is 12.1. The van der Waals surface area contributed by atoms with Gasteiger partial charge in [0.2, 0.25) is 11.8 Å². The van der Waals surface area contributed by atoms with Crippen LogP contribution in [0.4, 0.5) is 13.6 Å². The van der Waals surface area contributed by atoms with Crippen molar-refractivity contribution in [2.24, 2.45) is 5.73 Å². The first-order valence-electron chi connectivity index (χ1n) is 12.1. The van der Waals surface area contributed by atoms with E-state index in [0.29, 0.717) is 32.4 Å². The van der Waals surface area contributed by atoms with E-state index in [1.165, 1.54) is 15.9 Å². The Balaban J connectivity index is 1.55. The van der Waals surface area contributed by atoms with Gasteiger partial charge in [0, 0.05) is 31.1 Å². The number of rotatable bonds is 8. The summed E-state index contributed by atoms with van der Waals surface area (Å²) in [5.74, 6) is -1.89. The summed E-state index contributed by atoms with van der Waals surface area (Å²) >= 11 is 0. The molecular formula is C26H30F2N4O4. The maximum Gasteiger partial charge on any atom is 0.411 e. The summed E-state index contributed by atoms with van der Waals surface area (Å²) < 4.78 is 32.6. The Morgan fingerprint density at radius 1 is 1.08 bits per heavy atom. The lowest BCUT2D eigenvalue weighted by Crippen LogP contribution is -2.71. The van der Waals surface area contributed by atoms with Crippen LogP contribution in [0.2, 0.25) is 0 Å². The van der Waals surface area contributed by atoms with Crippen molar-refractivity contribution < 1.29 is 27.9 Å². The van der Waals surface area contributed by atoms with Crippen molar-refractivity contribution in [3.63, 3.8) is 0 Å². The van der Waals surface area contributed by atoms with Gasteiger partial charge in [-0.3, -0.25) is 14.5 Å². The van der Waals surface area contributed by atoms with Gasteiger partial charge in [0.15, 0.2) is 0 Å². The Hall–Kier alpha value is -3.53. The predicted molar refractivity (Wildman–Crippen MR) is 127 cm³/mol. The lowest BCUT2D eigenvalue weighted by molar-refractivity contribution is -0.169. The molecule has 0 unspecified atom stereocenters. The maximum absolute atomic E-state index is 14.0. The van der Waals surface area contributed by atoms with E-state index < -0.39 is 29.9 Å². The molecule has 0 radical (unpaired) electrons. The van der Waals surface area contributed by atoms with Crippen LogP contribution >= 0.6 is 0 Å². The molecule has 2 atom stereocenters. The van der Waals surface area contributed by atoms with Crippen molar-refractivity contribution in [2.75, 3.05) is 19.6 Å². The summed E-state index contributed by atoms with van der Waals surface area (Å²) in [4.78, 5) is 44.1. The number of halogens is 2. The summed E-state index contributed by atoms with van der Waals surface area (Å²) in [6, 6.07) is 11.8. The van der Waals surface area contributed by atoms with E-state index in [4.69, 9.17) is 10.5 Å². The number of unbranched alkanes of at least 4 members (excludes halogenated alkanes) is 1. The summed E-state index contributed by atoms with van der Waals surface area (Å²) in [6.07, 6.45) is 0.432. The van der Waals surface area contributed by atoms with Crippen LogP contribution in [0.15, 0.2) is 48.5 Å². The fraction of sp³-hybridized carbons (Fsp3) is 0.423. The van der Waals surface area contributed by atoms with Crippen molar-refractivity contribution in [1.82, 2.24) is 14.7 Å². The van der Waals surface area contributed by atoms with Crippen molar-refractivity contribution in [3.8, 4) is 0 Å². The average molecular weight is 501 g/mol. The number of hydrogen-bond donors (Lipinski definition) is 1. The van der Waals surface area contributed by atoms with Crippen molar-refractivity contribution in [3.05, 3.63) is 71.3 Å². The molecule has 0 spiro atoms. The van der Waals surface area contributed by atoms with Gasteiger partial charge in [-0.25, -0.2) is 13.6 Å². The topological polar surface area (TPSA) is 96.2 Å². The Labute approximate surface area is 208 Å². The number of carbonyl (C=O) groups excluding carboxylic acids is 3. The van der Waals surface area contributed by atoms with Gasteiger partial charge in [-0.1, -0.05) is 30.3 Å². The van der Waals surface area contributed by atoms with Gasteiger partial charge in [0.05, 0.1) is 6.54 Å². The van der Waals surface area contributed by atoms with Gasteiger partial charge in [-0.2, -0.15) is 0 Å². The third kappa shape index (κ3) is 5.64. The first-order chi connectivity index (χ1) is 17.4.